The van der Waals surface area contributed by atoms with E-state index < -0.39 is 5.91 Å². The number of benzene rings is 2. The molecule has 0 aliphatic carbocycles. The van der Waals surface area contributed by atoms with Crippen LogP contribution in [0, 0.1) is 13.8 Å². The van der Waals surface area contributed by atoms with Gasteiger partial charge in [0.05, 0.1) is 22.9 Å². The van der Waals surface area contributed by atoms with Gasteiger partial charge >= 0.3 is 0 Å². The van der Waals surface area contributed by atoms with E-state index in [-0.39, 0.29) is 0 Å². The fourth-order valence-corrected chi connectivity index (χ4v) is 2.96. The van der Waals surface area contributed by atoms with Crippen LogP contribution in [0.3, 0.4) is 0 Å². The molecular formula is C17H15N5O. The molecule has 0 unspecified atom stereocenters. The van der Waals surface area contributed by atoms with E-state index in [2.05, 4.69) is 33.5 Å². The van der Waals surface area contributed by atoms with Gasteiger partial charge in [0.15, 0.2) is 0 Å². The van der Waals surface area contributed by atoms with Gasteiger partial charge < -0.3 is 5.73 Å². The van der Waals surface area contributed by atoms with Crippen LogP contribution in [0.2, 0.25) is 0 Å². The molecule has 23 heavy (non-hydrogen) atoms. The summed E-state index contributed by atoms with van der Waals surface area (Å²) in [6.45, 7) is 4.06. The molecule has 0 bridgehead atoms. The van der Waals surface area contributed by atoms with E-state index >= 15 is 0 Å². The van der Waals surface area contributed by atoms with Crippen LogP contribution in [-0.2, 0) is 0 Å². The van der Waals surface area contributed by atoms with Crippen molar-refractivity contribution < 1.29 is 4.79 Å². The Hall–Kier alpha value is -3.15. The molecule has 6 heteroatoms. The number of H-pyrrole nitrogens is 1. The van der Waals surface area contributed by atoms with Crippen LogP contribution in [-0.4, -0.2) is 25.9 Å². The third kappa shape index (κ3) is 1.92. The molecule has 4 aromatic rings. The van der Waals surface area contributed by atoms with Gasteiger partial charge in [-0.2, -0.15) is 10.2 Å². The minimum Gasteiger partial charge on any atom is -0.364 e. The fourth-order valence-electron chi connectivity index (χ4n) is 2.96. The molecule has 114 valence electrons. The average Bonchev–Trinajstić information content (AvgIpc) is 3.12. The monoisotopic (exact) mass is 305 g/mol. The molecule has 0 spiro atoms. The molecule has 0 aliphatic heterocycles. The number of aromatic amines is 1. The highest BCUT2D eigenvalue weighted by molar-refractivity contribution is 6.12. The molecule has 0 saturated heterocycles. The Morgan fingerprint density at radius 3 is 2.78 bits per heavy atom. The zero-order valence-electron chi connectivity index (χ0n) is 12.8. The van der Waals surface area contributed by atoms with Crippen molar-refractivity contribution in [3.8, 4) is 5.69 Å². The lowest BCUT2D eigenvalue weighted by molar-refractivity contribution is 0.0996. The Kier molecular flexibility index (Phi) is 2.74. The number of hydrogen-bond acceptors (Lipinski definition) is 3. The van der Waals surface area contributed by atoms with Crippen LogP contribution in [0.1, 0.15) is 21.6 Å². The lowest BCUT2D eigenvalue weighted by Gasteiger charge is -2.10. The fraction of sp³-hybridized carbons (Fsp3) is 0.118. The van der Waals surface area contributed by atoms with E-state index in [4.69, 9.17) is 5.73 Å². The first kappa shape index (κ1) is 13.5. The lowest BCUT2D eigenvalue weighted by atomic mass is 10.1. The predicted molar refractivity (Wildman–Crippen MR) is 88.7 cm³/mol. The zero-order chi connectivity index (χ0) is 16.1. The van der Waals surface area contributed by atoms with E-state index in [1.807, 2.05) is 30.7 Å². The minimum absolute atomic E-state index is 0.379. The van der Waals surface area contributed by atoms with Crippen molar-refractivity contribution in [2.45, 2.75) is 13.8 Å². The van der Waals surface area contributed by atoms with Crippen LogP contribution >= 0.6 is 0 Å². The summed E-state index contributed by atoms with van der Waals surface area (Å²) in [6.07, 6.45) is 1.71. The van der Waals surface area contributed by atoms with Gasteiger partial charge in [0, 0.05) is 10.8 Å². The second-order valence-corrected chi connectivity index (χ2v) is 5.72. The van der Waals surface area contributed by atoms with Crippen molar-refractivity contribution in [1.29, 1.82) is 0 Å². The van der Waals surface area contributed by atoms with Crippen LogP contribution in [0.25, 0.3) is 27.5 Å². The molecule has 3 N–H and O–H groups in total. The van der Waals surface area contributed by atoms with Gasteiger partial charge in [0.1, 0.15) is 5.69 Å². The van der Waals surface area contributed by atoms with Gasteiger partial charge in [0.2, 0.25) is 0 Å². The van der Waals surface area contributed by atoms with E-state index in [1.165, 1.54) is 0 Å². The van der Waals surface area contributed by atoms with Gasteiger partial charge in [-0.15, -0.1) is 0 Å². The Morgan fingerprint density at radius 1 is 1.17 bits per heavy atom. The summed E-state index contributed by atoms with van der Waals surface area (Å²) in [4.78, 5) is 11.8. The first-order valence-corrected chi connectivity index (χ1v) is 7.28. The van der Waals surface area contributed by atoms with Crippen LogP contribution in [0.4, 0.5) is 0 Å². The maximum absolute atomic E-state index is 11.8. The average molecular weight is 305 g/mol. The maximum Gasteiger partial charge on any atom is 0.267 e. The largest absolute Gasteiger partial charge is 0.364 e. The number of hydrogen-bond donors (Lipinski definition) is 2. The molecule has 2 aromatic carbocycles. The number of carbonyl (C=O) groups is 1. The van der Waals surface area contributed by atoms with Gasteiger partial charge in [-0.1, -0.05) is 12.1 Å². The second-order valence-electron chi connectivity index (χ2n) is 5.72. The first-order valence-electron chi connectivity index (χ1n) is 7.28. The number of primary amides is 1. The second kappa shape index (κ2) is 4.67. The van der Waals surface area contributed by atoms with Gasteiger partial charge in [-0.05, 0) is 43.2 Å². The molecular weight excluding hydrogens is 290 g/mol. The lowest BCUT2D eigenvalue weighted by Crippen LogP contribution is -2.12. The van der Waals surface area contributed by atoms with Crippen LogP contribution in [0.5, 0.6) is 0 Å². The van der Waals surface area contributed by atoms with Crippen molar-refractivity contribution >= 4 is 27.7 Å². The molecule has 0 radical (unpaired) electrons. The number of rotatable bonds is 2. The molecule has 0 aliphatic rings. The highest BCUT2D eigenvalue weighted by atomic mass is 16.1. The first-order chi connectivity index (χ1) is 11.1. The number of nitrogens with one attached hydrogen (secondary N) is 1. The molecule has 0 fully saturated rings. The van der Waals surface area contributed by atoms with E-state index in [0.29, 0.717) is 5.69 Å². The number of carbonyl (C=O) groups excluding carboxylic acids is 1. The smallest absolute Gasteiger partial charge is 0.267 e. The van der Waals surface area contributed by atoms with Crippen molar-refractivity contribution in [3.63, 3.8) is 0 Å². The molecule has 2 heterocycles. The zero-order valence-corrected chi connectivity index (χ0v) is 12.8. The summed E-state index contributed by atoms with van der Waals surface area (Å²) < 4.78 is 1.89. The van der Waals surface area contributed by atoms with Gasteiger partial charge in [-0.3, -0.25) is 14.6 Å². The topological polar surface area (TPSA) is 89.6 Å². The highest BCUT2D eigenvalue weighted by Gasteiger charge is 2.18. The standard InChI is InChI=1S/C17H15N5O/c1-9-3-4-10(2)14(7-9)22-16-11(15(21-22)17(18)23)5-6-13-12(16)8-19-20-13/h3-8,21H,1-2H3,(H2,18,23). The SMILES string of the molecule is Cc1ccc(C)c(-n2[nH]c(C(N)=O)c3ccc4nncc4c32)c1. The Morgan fingerprint density at radius 2 is 2.00 bits per heavy atom. The Labute approximate surface area is 131 Å². The predicted octanol–water partition coefficient (Wildman–Crippen LogP) is 2.62. The number of nitrogens with zero attached hydrogens (tertiary/aromatic N) is 3. The van der Waals surface area contributed by atoms with Crippen LogP contribution in [0.15, 0.2) is 36.5 Å². The molecule has 4 rings (SSSR count). The third-order valence-electron chi connectivity index (χ3n) is 4.11. The van der Waals surface area contributed by atoms with Crippen molar-refractivity contribution in [3.05, 3.63) is 53.3 Å². The highest BCUT2D eigenvalue weighted by Crippen LogP contribution is 2.30. The maximum atomic E-state index is 11.8. The summed E-state index contributed by atoms with van der Waals surface area (Å²) >= 11 is 0. The number of fused-ring (bicyclic) bond motifs is 3. The normalized spacial score (nSPS) is 11.4. The quantitative estimate of drug-likeness (QED) is 0.596. The number of amides is 1. The summed E-state index contributed by atoms with van der Waals surface area (Å²) in [5.41, 5.74) is 10.8. The Bertz CT molecular complexity index is 1070. The summed E-state index contributed by atoms with van der Waals surface area (Å²) in [5.74, 6) is -0.495. The number of aryl methyl sites for hydroxylation is 2. The number of aromatic nitrogens is 4. The molecule has 6 nitrogen and oxygen atoms in total. The third-order valence-corrected chi connectivity index (χ3v) is 4.11. The van der Waals surface area contributed by atoms with Gasteiger partial charge in [0.25, 0.3) is 5.91 Å². The van der Waals surface area contributed by atoms with Gasteiger partial charge in [-0.25, -0.2) is 0 Å². The summed E-state index contributed by atoms with van der Waals surface area (Å²) in [6, 6.07) is 9.87. The van der Waals surface area contributed by atoms with Crippen molar-refractivity contribution in [2.24, 2.45) is 5.73 Å². The molecule has 1 amide bonds. The van der Waals surface area contributed by atoms with E-state index in [1.54, 1.807) is 6.20 Å². The molecule has 0 atom stereocenters. The summed E-state index contributed by atoms with van der Waals surface area (Å²) in [7, 11) is 0. The molecule has 0 saturated carbocycles. The van der Waals surface area contributed by atoms with Crippen molar-refractivity contribution in [1.82, 2.24) is 20.0 Å². The minimum atomic E-state index is -0.495. The Balaban J connectivity index is 2.19. The number of nitrogens with two attached hydrogens (primary N) is 1. The summed E-state index contributed by atoms with van der Waals surface area (Å²) in [5, 5.41) is 12.9. The van der Waals surface area contributed by atoms with Crippen molar-refractivity contribution in [2.75, 3.05) is 0 Å². The van der Waals surface area contributed by atoms with Crippen LogP contribution < -0.4 is 5.73 Å². The molecule has 2 aromatic heterocycles. The van der Waals surface area contributed by atoms with E-state index in [9.17, 15) is 4.79 Å². The van der Waals surface area contributed by atoms with E-state index in [0.717, 1.165) is 38.6 Å².